The zero-order valence-electron chi connectivity index (χ0n) is 13.4. The van der Waals surface area contributed by atoms with E-state index in [0.717, 1.165) is 38.4 Å². The topological polar surface area (TPSA) is 61.4 Å². The first-order chi connectivity index (χ1) is 10.0. The maximum Gasteiger partial charge on any atom is 0.274 e. The highest BCUT2D eigenvalue weighted by molar-refractivity contribution is 5.97. The van der Waals surface area contributed by atoms with E-state index in [4.69, 9.17) is 0 Å². The Morgan fingerprint density at radius 1 is 1.33 bits per heavy atom. The lowest BCUT2D eigenvalue weighted by atomic mass is 10.2. The number of hydrogen-bond donors (Lipinski definition) is 1. The highest BCUT2D eigenvalue weighted by Crippen LogP contribution is 2.18. The first-order valence-electron chi connectivity index (χ1n) is 7.61. The van der Waals surface area contributed by atoms with Gasteiger partial charge in [-0.2, -0.15) is 0 Å². The van der Waals surface area contributed by atoms with Gasteiger partial charge in [-0.15, -0.1) is 0 Å². The van der Waals surface area contributed by atoms with Crippen molar-refractivity contribution < 1.29 is 4.79 Å². The van der Waals surface area contributed by atoms with Gasteiger partial charge in [-0.1, -0.05) is 13.8 Å². The van der Waals surface area contributed by atoms with Gasteiger partial charge in [0.2, 0.25) is 0 Å². The van der Waals surface area contributed by atoms with Gasteiger partial charge in [-0.05, 0) is 14.0 Å². The Morgan fingerprint density at radius 3 is 2.57 bits per heavy atom. The van der Waals surface area contributed by atoms with Crippen LogP contribution in [0.1, 0.15) is 43.0 Å². The quantitative estimate of drug-likeness (QED) is 0.909. The number of nitrogens with one attached hydrogen (secondary N) is 1. The highest BCUT2D eigenvalue weighted by Gasteiger charge is 2.24. The van der Waals surface area contributed by atoms with Crippen LogP contribution in [0.15, 0.2) is 6.20 Å². The molecule has 0 atom stereocenters. The molecule has 1 N–H and O–H groups in total. The number of likely N-dealkylation sites (N-methyl/N-ethyl adjacent to an activating group) is 1. The number of carbonyl (C=O) groups is 1. The molecule has 1 saturated heterocycles. The number of carbonyl (C=O) groups excluding carboxylic acids is 1. The largest absolute Gasteiger partial charge is 0.382 e. The van der Waals surface area contributed by atoms with E-state index in [2.05, 4.69) is 27.2 Å². The molecule has 2 heterocycles. The molecule has 6 heteroatoms. The summed E-state index contributed by atoms with van der Waals surface area (Å²) in [5.41, 5.74) is 1.23. The van der Waals surface area contributed by atoms with Crippen LogP contribution >= 0.6 is 0 Å². The molecule has 0 radical (unpaired) electrons. The molecule has 1 aliphatic rings. The Labute approximate surface area is 126 Å². The molecular formula is C15H25N5O. The third-order valence-electron chi connectivity index (χ3n) is 3.68. The van der Waals surface area contributed by atoms with Crippen LogP contribution in [0.25, 0.3) is 0 Å². The second-order valence-electron chi connectivity index (χ2n) is 5.77. The Bertz CT molecular complexity index is 495. The molecule has 0 aliphatic carbocycles. The van der Waals surface area contributed by atoms with Gasteiger partial charge < -0.3 is 15.1 Å². The summed E-state index contributed by atoms with van der Waals surface area (Å²) >= 11 is 0. The Balaban J connectivity index is 2.26. The number of nitrogens with zero attached hydrogens (tertiary/aromatic N) is 4. The van der Waals surface area contributed by atoms with Crippen LogP contribution in [0.4, 0.5) is 5.69 Å². The predicted octanol–water partition coefficient (Wildman–Crippen LogP) is 1.42. The molecule has 0 saturated carbocycles. The van der Waals surface area contributed by atoms with Gasteiger partial charge in [0.15, 0.2) is 5.69 Å². The van der Waals surface area contributed by atoms with Crippen molar-refractivity contribution in [1.82, 2.24) is 19.8 Å². The lowest BCUT2D eigenvalue weighted by Crippen LogP contribution is -2.47. The van der Waals surface area contributed by atoms with Crippen LogP contribution in [-0.2, 0) is 0 Å². The molecule has 1 aliphatic heterocycles. The molecule has 1 aromatic heterocycles. The molecule has 116 valence electrons. The number of rotatable bonds is 4. The average Bonchev–Trinajstić information content (AvgIpc) is 2.48. The summed E-state index contributed by atoms with van der Waals surface area (Å²) < 4.78 is 0. The van der Waals surface area contributed by atoms with Crippen LogP contribution in [0.2, 0.25) is 0 Å². The molecule has 2 rings (SSSR count). The van der Waals surface area contributed by atoms with E-state index < -0.39 is 0 Å². The van der Waals surface area contributed by atoms with Gasteiger partial charge in [0.25, 0.3) is 5.91 Å². The molecular weight excluding hydrogens is 266 g/mol. The summed E-state index contributed by atoms with van der Waals surface area (Å²) in [6, 6.07) is 0. The fourth-order valence-electron chi connectivity index (χ4n) is 2.32. The number of hydrogen-bond acceptors (Lipinski definition) is 5. The predicted molar refractivity (Wildman–Crippen MR) is 83.7 cm³/mol. The molecule has 1 fully saturated rings. The van der Waals surface area contributed by atoms with E-state index in [-0.39, 0.29) is 11.8 Å². The molecule has 21 heavy (non-hydrogen) atoms. The van der Waals surface area contributed by atoms with Crippen molar-refractivity contribution in [2.24, 2.45) is 0 Å². The van der Waals surface area contributed by atoms with Gasteiger partial charge in [0, 0.05) is 38.6 Å². The second-order valence-corrected chi connectivity index (χ2v) is 5.77. The van der Waals surface area contributed by atoms with E-state index in [0.29, 0.717) is 11.5 Å². The van der Waals surface area contributed by atoms with Gasteiger partial charge in [0.05, 0.1) is 11.9 Å². The minimum atomic E-state index is 0.00310. The molecule has 1 amide bonds. The molecule has 0 aromatic carbocycles. The maximum atomic E-state index is 12.8. The normalized spacial score (nSPS) is 16.3. The first-order valence-corrected chi connectivity index (χ1v) is 7.61. The summed E-state index contributed by atoms with van der Waals surface area (Å²) in [7, 11) is 2.08. The van der Waals surface area contributed by atoms with Crippen molar-refractivity contribution in [1.29, 1.82) is 0 Å². The lowest BCUT2D eigenvalue weighted by molar-refractivity contribution is 0.0658. The van der Waals surface area contributed by atoms with Gasteiger partial charge in [-0.3, -0.25) is 4.79 Å². The van der Waals surface area contributed by atoms with Crippen LogP contribution < -0.4 is 5.32 Å². The zero-order chi connectivity index (χ0) is 15.4. The molecule has 1 aromatic rings. The summed E-state index contributed by atoms with van der Waals surface area (Å²) in [5.74, 6) is 0.928. The number of piperazine rings is 1. The molecule has 6 nitrogen and oxygen atoms in total. The zero-order valence-corrected chi connectivity index (χ0v) is 13.4. The van der Waals surface area contributed by atoms with Crippen LogP contribution in [0, 0.1) is 0 Å². The van der Waals surface area contributed by atoms with Crippen molar-refractivity contribution >= 4 is 11.6 Å². The highest BCUT2D eigenvalue weighted by atomic mass is 16.2. The third kappa shape index (κ3) is 3.69. The third-order valence-corrected chi connectivity index (χ3v) is 3.68. The first kappa shape index (κ1) is 15.7. The average molecular weight is 291 g/mol. The smallest absolute Gasteiger partial charge is 0.274 e. The fourth-order valence-corrected chi connectivity index (χ4v) is 2.32. The van der Waals surface area contributed by atoms with Crippen molar-refractivity contribution in [3.8, 4) is 0 Å². The standard InChI is InChI=1S/C15H25N5O/c1-5-16-12-10-17-14(11(2)3)18-13(12)15(21)20-8-6-19(4)7-9-20/h10-11,16H,5-9H2,1-4H3. The van der Waals surface area contributed by atoms with Crippen molar-refractivity contribution in [2.45, 2.75) is 26.7 Å². The summed E-state index contributed by atoms with van der Waals surface area (Å²) in [6.07, 6.45) is 1.73. The minimum absolute atomic E-state index is 0.00310. The molecule has 0 unspecified atom stereocenters. The van der Waals surface area contributed by atoms with Gasteiger partial charge in [0.1, 0.15) is 5.82 Å². The molecule has 0 bridgehead atoms. The van der Waals surface area contributed by atoms with E-state index in [1.807, 2.05) is 25.7 Å². The molecule has 0 spiro atoms. The lowest BCUT2D eigenvalue weighted by Gasteiger charge is -2.32. The van der Waals surface area contributed by atoms with Crippen LogP contribution in [0.3, 0.4) is 0 Å². The number of anilines is 1. The number of amides is 1. The number of aromatic nitrogens is 2. The van der Waals surface area contributed by atoms with Crippen LogP contribution in [0.5, 0.6) is 0 Å². The second kappa shape index (κ2) is 6.85. The van der Waals surface area contributed by atoms with Crippen molar-refractivity contribution in [3.05, 3.63) is 17.7 Å². The van der Waals surface area contributed by atoms with Crippen LogP contribution in [-0.4, -0.2) is 65.4 Å². The van der Waals surface area contributed by atoms with E-state index in [1.165, 1.54) is 0 Å². The van der Waals surface area contributed by atoms with Gasteiger partial charge in [-0.25, -0.2) is 9.97 Å². The van der Waals surface area contributed by atoms with E-state index >= 15 is 0 Å². The maximum absolute atomic E-state index is 12.8. The Morgan fingerprint density at radius 2 is 2.00 bits per heavy atom. The SMILES string of the molecule is CCNc1cnc(C(C)C)nc1C(=O)N1CCN(C)CC1. The Kier molecular flexibility index (Phi) is 5.12. The fraction of sp³-hybridized carbons (Fsp3) is 0.667. The minimum Gasteiger partial charge on any atom is -0.382 e. The monoisotopic (exact) mass is 291 g/mol. The van der Waals surface area contributed by atoms with Crippen molar-refractivity contribution in [2.75, 3.05) is 45.1 Å². The van der Waals surface area contributed by atoms with Crippen molar-refractivity contribution in [3.63, 3.8) is 0 Å². The Hall–Kier alpha value is -1.69. The summed E-state index contributed by atoms with van der Waals surface area (Å²) in [6.45, 7) is 10.1. The van der Waals surface area contributed by atoms with E-state index in [1.54, 1.807) is 6.20 Å². The summed E-state index contributed by atoms with van der Waals surface area (Å²) in [4.78, 5) is 25.7. The van der Waals surface area contributed by atoms with Gasteiger partial charge >= 0.3 is 0 Å². The van der Waals surface area contributed by atoms with E-state index in [9.17, 15) is 4.79 Å². The summed E-state index contributed by atoms with van der Waals surface area (Å²) in [5, 5.41) is 3.19.